The number of hydrogen-bond acceptors (Lipinski definition) is 5. The van der Waals surface area contributed by atoms with Crippen LogP contribution in [0.2, 0.25) is 0 Å². The summed E-state index contributed by atoms with van der Waals surface area (Å²) in [6.45, 7) is 5.96. The van der Waals surface area contributed by atoms with Crippen molar-refractivity contribution in [2.75, 3.05) is 17.2 Å². The van der Waals surface area contributed by atoms with Gasteiger partial charge in [0.15, 0.2) is 0 Å². The highest BCUT2D eigenvalue weighted by Crippen LogP contribution is 2.38. The number of anilines is 2. The molecule has 0 spiro atoms. The summed E-state index contributed by atoms with van der Waals surface area (Å²) in [4.78, 5) is 25.2. The number of rotatable bonds is 6. The second-order valence-corrected chi connectivity index (χ2v) is 8.48. The van der Waals surface area contributed by atoms with Gasteiger partial charge >= 0.3 is 5.97 Å². The van der Waals surface area contributed by atoms with Crippen molar-refractivity contribution in [3.05, 3.63) is 95.1 Å². The van der Waals surface area contributed by atoms with E-state index in [0.29, 0.717) is 22.5 Å². The summed E-state index contributed by atoms with van der Waals surface area (Å²) in [6.07, 6.45) is 0. The summed E-state index contributed by atoms with van der Waals surface area (Å²) in [5.41, 5.74) is 11.4. The van der Waals surface area contributed by atoms with Crippen molar-refractivity contribution in [2.45, 2.75) is 26.3 Å². The van der Waals surface area contributed by atoms with Crippen molar-refractivity contribution < 1.29 is 14.3 Å². The summed E-state index contributed by atoms with van der Waals surface area (Å²) < 4.78 is 5.09. The molecule has 1 aliphatic heterocycles. The Bertz CT molecular complexity index is 1220. The molecule has 33 heavy (non-hydrogen) atoms. The molecule has 0 aliphatic carbocycles. The number of nitrogens with two attached hydrogens (primary N) is 1. The van der Waals surface area contributed by atoms with E-state index in [1.807, 2.05) is 68.4 Å². The lowest BCUT2D eigenvalue weighted by Gasteiger charge is -2.20. The van der Waals surface area contributed by atoms with Crippen molar-refractivity contribution in [3.8, 4) is 0 Å². The molecule has 0 aromatic heterocycles. The average Bonchev–Trinajstić information content (AvgIpc) is 3.12. The van der Waals surface area contributed by atoms with Gasteiger partial charge in [-0.15, -0.1) is 0 Å². The van der Waals surface area contributed by atoms with E-state index < -0.39 is 11.5 Å². The maximum atomic E-state index is 13.1. The van der Waals surface area contributed by atoms with E-state index in [2.05, 4.69) is 10.6 Å². The zero-order chi connectivity index (χ0) is 23.6. The Labute approximate surface area is 193 Å². The van der Waals surface area contributed by atoms with Crippen LogP contribution in [0, 0.1) is 0 Å². The maximum Gasteiger partial charge on any atom is 0.338 e. The van der Waals surface area contributed by atoms with Crippen LogP contribution in [0.25, 0.3) is 11.3 Å². The Morgan fingerprint density at radius 1 is 1.00 bits per heavy atom. The summed E-state index contributed by atoms with van der Waals surface area (Å²) in [7, 11) is 0. The van der Waals surface area contributed by atoms with Crippen molar-refractivity contribution in [2.24, 2.45) is 5.73 Å². The van der Waals surface area contributed by atoms with Gasteiger partial charge in [-0.2, -0.15) is 0 Å². The standard InChI is InChI=1S/C27H27N3O3/c1-4-33-26(32)18-10-15-21-22(16-18)30-25(31)23(21)24(17-8-6-5-7-9-17)29-20-13-11-19(12-14-20)27(2,3)28/h5-16,29H,4,28H2,1-3H3,(H,30,31)/b24-23-. The number of nitrogens with one attached hydrogen (secondary N) is 2. The first-order valence-electron chi connectivity index (χ1n) is 10.9. The average molecular weight is 442 g/mol. The van der Waals surface area contributed by atoms with Gasteiger partial charge in [0.2, 0.25) is 0 Å². The third-order valence-electron chi connectivity index (χ3n) is 5.49. The number of ether oxygens (including phenoxy) is 1. The predicted molar refractivity (Wildman–Crippen MR) is 132 cm³/mol. The molecule has 0 radical (unpaired) electrons. The normalized spacial score (nSPS) is 14.4. The van der Waals surface area contributed by atoms with E-state index in [-0.39, 0.29) is 12.5 Å². The number of fused-ring (bicyclic) bond motifs is 1. The highest BCUT2D eigenvalue weighted by Gasteiger charge is 2.29. The van der Waals surface area contributed by atoms with Crippen LogP contribution < -0.4 is 16.4 Å². The fourth-order valence-electron chi connectivity index (χ4n) is 3.77. The molecule has 0 fully saturated rings. The van der Waals surface area contributed by atoms with Gasteiger partial charge in [-0.3, -0.25) is 4.79 Å². The molecule has 3 aromatic carbocycles. The quantitative estimate of drug-likeness (QED) is 0.370. The van der Waals surface area contributed by atoms with Crippen molar-refractivity contribution >= 4 is 34.5 Å². The second-order valence-electron chi connectivity index (χ2n) is 8.48. The summed E-state index contributed by atoms with van der Waals surface area (Å²) in [5.74, 6) is -0.659. The molecular formula is C27H27N3O3. The van der Waals surface area contributed by atoms with Gasteiger partial charge in [-0.25, -0.2) is 4.79 Å². The van der Waals surface area contributed by atoms with Crippen LogP contribution in [0.1, 0.15) is 47.8 Å². The highest BCUT2D eigenvalue weighted by molar-refractivity contribution is 6.37. The monoisotopic (exact) mass is 441 g/mol. The molecule has 0 bridgehead atoms. The van der Waals surface area contributed by atoms with Gasteiger partial charge < -0.3 is 21.1 Å². The summed E-state index contributed by atoms with van der Waals surface area (Å²) in [5, 5.41) is 6.32. The van der Waals surface area contributed by atoms with Crippen LogP contribution >= 0.6 is 0 Å². The highest BCUT2D eigenvalue weighted by atomic mass is 16.5. The van der Waals surface area contributed by atoms with Crippen LogP contribution in [-0.4, -0.2) is 18.5 Å². The number of carbonyl (C=O) groups excluding carboxylic acids is 2. The SMILES string of the molecule is CCOC(=O)c1ccc2c(c1)NC(=O)/C2=C(\Nc1ccc(C(C)(C)N)cc1)c1ccccc1. The van der Waals surface area contributed by atoms with E-state index in [1.54, 1.807) is 25.1 Å². The Morgan fingerprint density at radius 3 is 2.33 bits per heavy atom. The smallest absolute Gasteiger partial charge is 0.338 e. The Hall–Kier alpha value is -3.90. The van der Waals surface area contributed by atoms with Gasteiger partial charge in [-0.1, -0.05) is 48.5 Å². The molecule has 4 rings (SSSR count). The largest absolute Gasteiger partial charge is 0.462 e. The van der Waals surface area contributed by atoms with Gasteiger partial charge in [0.05, 0.1) is 29.1 Å². The van der Waals surface area contributed by atoms with Gasteiger partial charge in [0.1, 0.15) is 0 Å². The van der Waals surface area contributed by atoms with Crippen molar-refractivity contribution in [1.82, 2.24) is 0 Å². The molecular weight excluding hydrogens is 414 g/mol. The molecule has 4 N–H and O–H groups in total. The van der Waals surface area contributed by atoms with Crippen molar-refractivity contribution in [3.63, 3.8) is 0 Å². The molecule has 1 aliphatic rings. The van der Waals surface area contributed by atoms with E-state index in [1.165, 1.54) is 0 Å². The maximum absolute atomic E-state index is 13.1. The van der Waals surface area contributed by atoms with Crippen LogP contribution in [0.15, 0.2) is 72.8 Å². The minimum Gasteiger partial charge on any atom is -0.462 e. The van der Waals surface area contributed by atoms with Crippen LogP contribution in [0.4, 0.5) is 11.4 Å². The first-order chi connectivity index (χ1) is 15.8. The molecule has 0 saturated carbocycles. The van der Waals surface area contributed by atoms with Gasteiger partial charge in [0.25, 0.3) is 5.91 Å². The Morgan fingerprint density at radius 2 is 1.70 bits per heavy atom. The van der Waals surface area contributed by atoms with Gasteiger partial charge in [0, 0.05) is 16.8 Å². The zero-order valence-corrected chi connectivity index (χ0v) is 18.9. The number of benzene rings is 3. The second kappa shape index (κ2) is 8.92. The molecule has 6 heteroatoms. The number of carbonyl (C=O) groups is 2. The van der Waals surface area contributed by atoms with E-state index >= 15 is 0 Å². The molecule has 0 atom stereocenters. The molecule has 1 amide bonds. The molecule has 0 unspecified atom stereocenters. The number of amides is 1. The van der Waals surface area contributed by atoms with E-state index in [0.717, 1.165) is 22.4 Å². The fraction of sp³-hybridized carbons (Fsp3) is 0.185. The molecule has 1 heterocycles. The lowest BCUT2D eigenvalue weighted by atomic mass is 9.95. The Balaban J connectivity index is 1.79. The minimum absolute atomic E-state index is 0.239. The van der Waals surface area contributed by atoms with Gasteiger partial charge in [-0.05, 0) is 56.2 Å². The molecule has 6 nitrogen and oxygen atoms in total. The van der Waals surface area contributed by atoms with Crippen LogP contribution in [-0.2, 0) is 15.1 Å². The number of hydrogen-bond donors (Lipinski definition) is 3. The topological polar surface area (TPSA) is 93.4 Å². The Kier molecular flexibility index (Phi) is 6.03. The first-order valence-corrected chi connectivity index (χ1v) is 10.9. The third-order valence-corrected chi connectivity index (χ3v) is 5.49. The fourth-order valence-corrected chi connectivity index (χ4v) is 3.77. The van der Waals surface area contributed by atoms with Crippen LogP contribution in [0.5, 0.6) is 0 Å². The number of esters is 1. The first kappa shape index (κ1) is 22.3. The third kappa shape index (κ3) is 4.66. The van der Waals surface area contributed by atoms with E-state index in [4.69, 9.17) is 10.5 Å². The lowest BCUT2D eigenvalue weighted by molar-refractivity contribution is -0.110. The van der Waals surface area contributed by atoms with E-state index in [9.17, 15) is 9.59 Å². The minimum atomic E-state index is -0.444. The zero-order valence-electron chi connectivity index (χ0n) is 18.9. The lowest BCUT2D eigenvalue weighted by Crippen LogP contribution is -2.28. The molecule has 0 saturated heterocycles. The van der Waals surface area contributed by atoms with Crippen molar-refractivity contribution in [1.29, 1.82) is 0 Å². The van der Waals surface area contributed by atoms with Crippen LogP contribution in [0.3, 0.4) is 0 Å². The molecule has 3 aromatic rings. The predicted octanol–water partition coefficient (Wildman–Crippen LogP) is 4.99. The summed E-state index contributed by atoms with van der Waals surface area (Å²) in [6, 6.07) is 22.6. The summed E-state index contributed by atoms with van der Waals surface area (Å²) >= 11 is 0. The molecule has 168 valence electrons.